The van der Waals surface area contributed by atoms with Crippen molar-refractivity contribution in [3.63, 3.8) is 0 Å². The highest BCUT2D eigenvalue weighted by molar-refractivity contribution is 8.16. The molecule has 0 saturated carbocycles. The van der Waals surface area contributed by atoms with Gasteiger partial charge in [-0.05, 0) is 29.1 Å². The summed E-state index contributed by atoms with van der Waals surface area (Å²) in [5.74, 6) is 1.69. The second-order valence-corrected chi connectivity index (χ2v) is 6.46. The Morgan fingerprint density at radius 3 is 2.44 bits per heavy atom. The van der Waals surface area contributed by atoms with Gasteiger partial charge >= 0.3 is 5.97 Å². The number of carboxylic acid groups (broad SMARTS) is 1. The number of rotatable bonds is 3. The minimum absolute atomic E-state index is 0.116. The molecule has 0 radical (unpaired) electrons. The van der Waals surface area contributed by atoms with Crippen molar-refractivity contribution in [2.45, 2.75) is 17.4 Å². The van der Waals surface area contributed by atoms with E-state index >= 15 is 0 Å². The van der Waals surface area contributed by atoms with Crippen LogP contribution in [0.1, 0.15) is 22.1 Å². The van der Waals surface area contributed by atoms with E-state index in [1.807, 2.05) is 35.7 Å². The molecule has 0 aromatic heterocycles. The predicted octanol–water partition coefficient (Wildman–Crippen LogP) is 3.18. The highest BCUT2D eigenvalue weighted by Gasteiger charge is 2.16. The van der Waals surface area contributed by atoms with Gasteiger partial charge in [0.15, 0.2) is 0 Å². The SMILES string of the molecule is O=C(O)Cc1ccc(C2SCCCS2)cc1. The van der Waals surface area contributed by atoms with Gasteiger partial charge in [0.2, 0.25) is 0 Å². The van der Waals surface area contributed by atoms with Gasteiger partial charge < -0.3 is 5.11 Å². The maximum atomic E-state index is 10.5. The molecule has 86 valence electrons. The molecule has 0 aliphatic carbocycles. The third kappa shape index (κ3) is 3.19. The van der Waals surface area contributed by atoms with Gasteiger partial charge in [-0.3, -0.25) is 4.79 Å². The Hall–Kier alpha value is -0.610. The van der Waals surface area contributed by atoms with Gasteiger partial charge in [-0.1, -0.05) is 24.3 Å². The van der Waals surface area contributed by atoms with Crippen LogP contribution in [0.2, 0.25) is 0 Å². The second-order valence-electron chi connectivity index (χ2n) is 3.74. The minimum atomic E-state index is -0.769. The average Bonchev–Trinajstić information content (AvgIpc) is 2.30. The lowest BCUT2D eigenvalue weighted by Gasteiger charge is -2.21. The zero-order valence-electron chi connectivity index (χ0n) is 8.89. The molecular weight excluding hydrogens is 240 g/mol. The van der Waals surface area contributed by atoms with Crippen LogP contribution in [0, 0.1) is 0 Å². The summed E-state index contributed by atoms with van der Waals surface area (Å²) in [5.41, 5.74) is 2.19. The molecule has 0 atom stereocenters. The fourth-order valence-corrected chi connectivity index (χ4v) is 4.54. The van der Waals surface area contributed by atoms with E-state index in [1.54, 1.807) is 0 Å². The molecule has 1 fully saturated rings. The van der Waals surface area contributed by atoms with E-state index < -0.39 is 5.97 Å². The van der Waals surface area contributed by atoms with Crippen LogP contribution in [0.4, 0.5) is 0 Å². The van der Waals surface area contributed by atoms with Gasteiger partial charge in [0.25, 0.3) is 0 Å². The molecule has 0 bridgehead atoms. The van der Waals surface area contributed by atoms with Gasteiger partial charge in [-0.2, -0.15) is 0 Å². The normalized spacial score (nSPS) is 17.2. The van der Waals surface area contributed by atoms with E-state index in [2.05, 4.69) is 12.1 Å². The van der Waals surface area contributed by atoms with Crippen LogP contribution in [0.25, 0.3) is 0 Å². The van der Waals surface area contributed by atoms with E-state index in [4.69, 9.17) is 5.11 Å². The summed E-state index contributed by atoms with van der Waals surface area (Å²) in [6.07, 6.45) is 1.41. The monoisotopic (exact) mass is 254 g/mol. The number of thioether (sulfide) groups is 2. The van der Waals surface area contributed by atoms with E-state index in [0.29, 0.717) is 4.58 Å². The topological polar surface area (TPSA) is 37.3 Å². The summed E-state index contributed by atoms with van der Waals surface area (Å²) in [6, 6.07) is 7.99. The molecule has 0 spiro atoms. The summed E-state index contributed by atoms with van der Waals surface area (Å²) in [6.45, 7) is 0. The van der Waals surface area contributed by atoms with Crippen LogP contribution < -0.4 is 0 Å². The predicted molar refractivity (Wildman–Crippen MR) is 70.1 cm³/mol. The molecule has 16 heavy (non-hydrogen) atoms. The van der Waals surface area contributed by atoms with Crippen molar-refractivity contribution in [2.24, 2.45) is 0 Å². The molecule has 1 N–H and O–H groups in total. The van der Waals surface area contributed by atoms with Gasteiger partial charge in [-0.15, -0.1) is 23.5 Å². The summed E-state index contributed by atoms with van der Waals surface area (Å²) in [7, 11) is 0. The lowest BCUT2D eigenvalue weighted by molar-refractivity contribution is -0.136. The Balaban J connectivity index is 2.03. The highest BCUT2D eigenvalue weighted by Crippen LogP contribution is 2.43. The average molecular weight is 254 g/mol. The van der Waals surface area contributed by atoms with Crippen molar-refractivity contribution < 1.29 is 9.90 Å². The lowest BCUT2D eigenvalue weighted by atomic mass is 10.1. The minimum Gasteiger partial charge on any atom is -0.481 e. The van der Waals surface area contributed by atoms with Gasteiger partial charge in [0, 0.05) is 0 Å². The summed E-state index contributed by atoms with van der Waals surface area (Å²) in [4.78, 5) is 10.5. The van der Waals surface area contributed by atoms with Crippen LogP contribution in [-0.4, -0.2) is 22.6 Å². The fraction of sp³-hybridized carbons (Fsp3) is 0.417. The van der Waals surface area contributed by atoms with Gasteiger partial charge in [-0.25, -0.2) is 0 Å². The number of benzene rings is 1. The maximum Gasteiger partial charge on any atom is 0.307 e. The fourth-order valence-electron chi connectivity index (χ4n) is 1.65. The second kappa shape index (κ2) is 5.64. The number of hydrogen-bond donors (Lipinski definition) is 1. The van der Waals surface area contributed by atoms with Crippen molar-refractivity contribution in [3.05, 3.63) is 35.4 Å². The van der Waals surface area contributed by atoms with Crippen molar-refractivity contribution in [1.29, 1.82) is 0 Å². The molecule has 1 aromatic rings. The Labute approximate surface area is 104 Å². The van der Waals surface area contributed by atoms with Crippen molar-refractivity contribution in [3.8, 4) is 0 Å². The molecule has 0 amide bonds. The number of carboxylic acids is 1. The van der Waals surface area contributed by atoms with Crippen LogP contribution in [0.3, 0.4) is 0 Å². The Morgan fingerprint density at radius 2 is 1.88 bits per heavy atom. The molecular formula is C12H14O2S2. The van der Waals surface area contributed by atoms with Crippen molar-refractivity contribution >= 4 is 29.5 Å². The smallest absolute Gasteiger partial charge is 0.307 e. The Bertz CT molecular complexity index is 356. The molecule has 1 saturated heterocycles. The third-order valence-electron chi connectivity index (χ3n) is 2.43. The molecule has 1 aliphatic rings. The summed E-state index contributed by atoms with van der Waals surface area (Å²) in [5, 5.41) is 8.68. The van der Waals surface area contributed by atoms with Crippen molar-refractivity contribution in [1.82, 2.24) is 0 Å². The molecule has 1 heterocycles. The van der Waals surface area contributed by atoms with Gasteiger partial charge in [0.05, 0.1) is 11.0 Å². The molecule has 4 heteroatoms. The largest absolute Gasteiger partial charge is 0.481 e. The van der Waals surface area contributed by atoms with Crippen LogP contribution in [0.5, 0.6) is 0 Å². The zero-order valence-corrected chi connectivity index (χ0v) is 10.5. The number of carbonyl (C=O) groups is 1. The standard InChI is InChI=1S/C12H14O2S2/c13-11(14)8-9-2-4-10(5-3-9)12-15-6-1-7-16-12/h2-5,12H,1,6-8H2,(H,13,14). The van der Waals surface area contributed by atoms with E-state index in [0.717, 1.165) is 5.56 Å². The molecule has 0 unspecified atom stereocenters. The quantitative estimate of drug-likeness (QED) is 0.899. The lowest BCUT2D eigenvalue weighted by Crippen LogP contribution is -2.02. The first-order valence-electron chi connectivity index (χ1n) is 5.29. The summed E-state index contributed by atoms with van der Waals surface area (Å²) < 4.78 is 0.535. The third-order valence-corrected chi connectivity index (χ3v) is 5.45. The summed E-state index contributed by atoms with van der Waals surface area (Å²) >= 11 is 3.97. The van der Waals surface area contributed by atoms with E-state index in [1.165, 1.54) is 23.5 Å². The Kier molecular flexibility index (Phi) is 4.18. The number of hydrogen-bond acceptors (Lipinski definition) is 3. The first kappa shape index (κ1) is 11.9. The number of aliphatic carboxylic acids is 1. The Morgan fingerprint density at radius 1 is 1.25 bits per heavy atom. The van der Waals surface area contributed by atoms with E-state index in [-0.39, 0.29) is 6.42 Å². The van der Waals surface area contributed by atoms with E-state index in [9.17, 15) is 4.79 Å². The van der Waals surface area contributed by atoms with Crippen LogP contribution in [-0.2, 0) is 11.2 Å². The zero-order chi connectivity index (χ0) is 11.4. The maximum absolute atomic E-state index is 10.5. The van der Waals surface area contributed by atoms with Crippen LogP contribution in [0.15, 0.2) is 24.3 Å². The van der Waals surface area contributed by atoms with Crippen LogP contribution >= 0.6 is 23.5 Å². The highest BCUT2D eigenvalue weighted by atomic mass is 32.2. The molecule has 2 rings (SSSR count). The first-order valence-corrected chi connectivity index (χ1v) is 7.39. The molecule has 2 nitrogen and oxygen atoms in total. The molecule has 1 aliphatic heterocycles. The van der Waals surface area contributed by atoms with Gasteiger partial charge in [0.1, 0.15) is 0 Å². The molecule has 1 aromatic carbocycles. The first-order chi connectivity index (χ1) is 7.75. The van der Waals surface area contributed by atoms with Crippen molar-refractivity contribution in [2.75, 3.05) is 11.5 Å².